The van der Waals surface area contributed by atoms with Crippen molar-refractivity contribution in [1.82, 2.24) is 14.3 Å². The summed E-state index contributed by atoms with van der Waals surface area (Å²) in [6, 6.07) is 9.01. The third kappa shape index (κ3) is 5.26. The Morgan fingerprint density at radius 1 is 1.24 bits per heavy atom. The smallest absolute Gasteiger partial charge is 0.267 e. The zero-order valence-electron chi connectivity index (χ0n) is 19.3. The van der Waals surface area contributed by atoms with Gasteiger partial charge < -0.3 is 9.73 Å². The van der Waals surface area contributed by atoms with Gasteiger partial charge >= 0.3 is 0 Å². The van der Waals surface area contributed by atoms with E-state index in [0.29, 0.717) is 51.0 Å². The van der Waals surface area contributed by atoms with Crippen molar-refractivity contribution >= 4 is 51.7 Å². The van der Waals surface area contributed by atoms with Crippen LogP contribution >= 0.6 is 24.0 Å². The minimum Gasteiger partial charge on any atom is -0.467 e. The zero-order chi connectivity index (χ0) is 24.1. The maximum Gasteiger partial charge on any atom is 0.267 e. The first-order valence-corrected chi connectivity index (χ1v) is 12.8. The van der Waals surface area contributed by atoms with E-state index in [2.05, 4.69) is 24.1 Å². The molecule has 0 aromatic carbocycles. The van der Waals surface area contributed by atoms with Crippen molar-refractivity contribution in [2.24, 2.45) is 5.92 Å². The number of carbonyl (C=O) groups is 1. The van der Waals surface area contributed by atoms with Crippen LogP contribution in [0.4, 0.5) is 5.82 Å². The molecule has 1 fully saturated rings. The van der Waals surface area contributed by atoms with Gasteiger partial charge in [0.25, 0.3) is 11.5 Å². The van der Waals surface area contributed by atoms with Gasteiger partial charge in [0, 0.05) is 12.7 Å². The summed E-state index contributed by atoms with van der Waals surface area (Å²) in [4.78, 5) is 33.4. The fraction of sp³-hybridized carbons (Fsp3) is 0.360. The van der Waals surface area contributed by atoms with Gasteiger partial charge in [0.15, 0.2) is 0 Å². The molecule has 9 heteroatoms. The number of rotatable bonds is 10. The summed E-state index contributed by atoms with van der Waals surface area (Å²) in [5, 5.41) is 3.19. The molecule has 3 aromatic heterocycles. The van der Waals surface area contributed by atoms with Crippen molar-refractivity contribution in [2.75, 3.05) is 11.9 Å². The lowest BCUT2D eigenvalue weighted by Gasteiger charge is -2.21. The molecule has 0 spiro atoms. The molecule has 0 bridgehead atoms. The highest BCUT2D eigenvalue weighted by Gasteiger charge is 2.33. The minimum absolute atomic E-state index is 0.153. The topological polar surface area (TPSA) is 79.8 Å². The van der Waals surface area contributed by atoms with Crippen LogP contribution in [-0.4, -0.2) is 31.1 Å². The van der Waals surface area contributed by atoms with E-state index in [1.807, 2.05) is 12.1 Å². The molecule has 3 aromatic rings. The highest BCUT2D eigenvalue weighted by Crippen LogP contribution is 2.34. The van der Waals surface area contributed by atoms with Crippen LogP contribution in [0, 0.1) is 5.92 Å². The van der Waals surface area contributed by atoms with E-state index in [1.54, 1.807) is 41.6 Å². The lowest BCUT2D eigenvalue weighted by Crippen LogP contribution is -2.33. The molecule has 1 N–H and O–H groups in total. The third-order valence-electron chi connectivity index (χ3n) is 5.91. The summed E-state index contributed by atoms with van der Waals surface area (Å²) in [7, 11) is 0. The molecule has 1 aliphatic rings. The second-order valence-electron chi connectivity index (χ2n) is 8.25. The van der Waals surface area contributed by atoms with Crippen LogP contribution in [0.1, 0.15) is 50.9 Å². The average Bonchev–Trinajstić information content (AvgIpc) is 3.46. The van der Waals surface area contributed by atoms with Crippen molar-refractivity contribution < 1.29 is 9.21 Å². The summed E-state index contributed by atoms with van der Waals surface area (Å²) >= 11 is 6.78. The Bertz CT molecular complexity index is 1270. The molecule has 0 unspecified atom stereocenters. The lowest BCUT2D eigenvalue weighted by atomic mass is 9.99. The number of furan rings is 1. The van der Waals surface area contributed by atoms with Crippen LogP contribution in [0.2, 0.25) is 0 Å². The Kier molecular flexibility index (Phi) is 7.84. The molecule has 1 amide bonds. The van der Waals surface area contributed by atoms with Crippen LogP contribution in [0.3, 0.4) is 0 Å². The van der Waals surface area contributed by atoms with Crippen molar-refractivity contribution in [3.63, 3.8) is 0 Å². The second-order valence-corrected chi connectivity index (χ2v) is 9.93. The third-order valence-corrected chi connectivity index (χ3v) is 7.29. The number of aromatic nitrogens is 2. The van der Waals surface area contributed by atoms with Crippen LogP contribution in [0.25, 0.3) is 11.7 Å². The Morgan fingerprint density at radius 3 is 2.82 bits per heavy atom. The van der Waals surface area contributed by atoms with E-state index in [0.717, 1.165) is 25.7 Å². The van der Waals surface area contributed by atoms with E-state index < -0.39 is 0 Å². The van der Waals surface area contributed by atoms with Crippen LogP contribution in [0.5, 0.6) is 0 Å². The molecule has 34 heavy (non-hydrogen) atoms. The monoisotopic (exact) mass is 496 g/mol. The van der Waals surface area contributed by atoms with Gasteiger partial charge in [-0.1, -0.05) is 63.2 Å². The highest BCUT2D eigenvalue weighted by molar-refractivity contribution is 8.26. The molecule has 0 aliphatic carbocycles. The summed E-state index contributed by atoms with van der Waals surface area (Å²) in [5.41, 5.74) is 0.571. The predicted octanol–water partition coefficient (Wildman–Crippen LogP) is 5.32. The fourth-order valence-corrected chi connectivity index (χ4v) is 5.17. The zero-order valence-corrected chi connectivity index (χ0v) is 21.0. The number of hydrogen-bond donors (Lipinski definition) is 1. The van der Waals surface area contributed by atoms with Gasteiger partial charge in [-0.3, -0.25) is 18.9 Å². The van der Waals surface area contributed by atoms with E-state index in [4.69, 9.17) is 16.6 Å². The average molecular weight is 497 g/mol. The number of nitrogens with zero attached hydrogens (tertiary/aromatic N) is 3. The Balaban J connectivity index is 1.66. The van der Waals surface area contributed by atoms with Crippen molar-refractivity contribution in [1.29, 1.82) is 0 Å². The maximum atomic E-state index is 13.4. The largest absolute Gasteiger partial charge is 0.467 e. The molecule has 0 radical (unpaired) electrons. The Morgan fingerprint density at radius 2 is 2.09 bits per heavy atom. The van der Waals surface area contributed by atoms with Crippen molar-refractivity contribution in [3.05, 3.63) is 69.4 Å². The number of hydrogen-bond acceptors (Lipinski definition) is 7. The molecule has 0 saturated carbocycles. The maximum absolute atomic E-state index is 13.4. The molecule has 178 valence electrons. The van der Waals surface area contributed by atoms with E-state index in [9.17, 15) is 9.59 Å². The second kappa shape index (κ2) is 11.0. The first-order chi connectivity index (χ1) is 16.5. The van der Waals surface area contributed by atoms with Gasteiger partial charge in [0.05, 0.1) is 23.3 Å². The molecular formula is C25H28N4O3S2. The molecule has 4 heterocycles. The summed E-state index contributed by atoms with van der Waals surface area (Å²) in [6.07, 6.45) is 9.20. The lowest BCUT2D eigenvalue weighted by molar-refractivity contribution is -0.122. The molecule has 4 rings (SSSR count). The molecule has 1 aliphatic heterocycles. The first kappa shape index (κ1) is 24.2. The molecular weight excluding hydrogens is 468 g/mol. The summed E-state index contributed by atoms with van der Waals surface area (Å²) in [6.45, 7) is 5.28. The van der Waals surface area contributed by atoms with Gasteiger partial charge in [-0.25, -0.2) is 4.98 Å². The standard InChI is InChI=1S/C25H28N4O3S2/c1-3-5-9-17(4-2)16-29-24(31)20(34-25(29)33)14-19-22(26-15-18-10-8-13-32-18)27-21-11-6-7-12-28(21)23(19)30/h6-8,10-14,17,26H,3-5,9,15-16H2,1-2H3/b20-14-/t17-/m1/s1. The number of anilines is 1. The predicted molar refractivity (Wildman–Crippen MR) is 141 cm³/mol. The van der Waals surface area contributed by atoms with Crippen molar-refractivity contribution in [2.45, 2.75) is 46.1 Å². The highest BCUT2D eigenvalue weighted by atomic mass is 32.2. The van der Waals surface area contributed by atoms with Gasteiger partial charge in [0.1, 0.15) is 21.5 Å². The van der Waals surface area contributed by atoms with Crippen LogP contribution in [-0.2, 0) is 11.3 Å². The number of fused-ring (bicyclic) bond motifs is 1. The van der Waals surface area contributed by atoms with Crippen LogP contribution < -0.4 is 10.9 Å². The number of nitrogens with one attached hydrogen (secondary N) is 1. The number of pyridine rings is 1. The first-order valence-electron chi connectivity index (χ1n) is 11.5. The fourth-order valence-electron chi connectivity index (χ4n) is 3.92. The SMILES string of the molecule is CCCC[C@@H](CC)CN1C(=O)/C(=C/c2c(NCc3ccco3)nc3ccccn3c2=O)SC1=S. The van der Waals surface area contributed by atoms with Gasteiger partial charge in [-0.2, -0.15) is 0 Å². The van der Waals surface area contributed by atoms with Gasteiger partial charge in [0.2, 0.25) is 0 Å². The van der Waals surface area contributed by atoms with E-state index >= 15 is 0 Å². The number of carbonyl (C=O) groups excluding carboxylic acids is 1. The van der Waals surface area contributed by atoms with Crippen LogP contribution in [0.15, 0.2) is 56.9 Å². The molecule has 7 nitrogen and oxygen atoms in total. The summed E-state index contributed by atoms with van der Waals surface area (Å²) in [5.74, 6) is 1.36. The molecule has 1 atom stereocenters. The Labute approximate surface area is 208 Å². The van der Waals surface area contributed by atoms with E-state index in [1.165, 1.54) is 16.2 Å². The van der Waals surface area contributed by atoms with Gasteiger partial charge in [-0.15, -0.1) is 0 Å². The number of amides is 1. The van der Waals surface area contributed by atoms with Gasteiger partial charge in [-0.05, 0) is 42.7 Å². The van der Waals surface area contributed by atoms with E-state index in [-0.39, 0.29) is 11.5 Å². The molecule has 1 saturated heterocycles. The minimum atomic E-state index is -0.257. The van der Waals surface area contributed by atoms with Crippen molar-refractivity contribution in [3.8, 4) is 0 Å². The normalized spacial score (nSPS) is 16.1. The number of thiocarbonyl (C=S) groups is 1. The Hall–Kier alpha value is -2.91. The summed E-state index contributed by atoms with van der Waals surface area (Å²) < 4.78 is 7.40. The quantitative estimate of drug-likeness (QED) is 0.301. The number of thioether (sulfide) groups is 1. The number of unbranched alkanes of at least 4 members (excludes halogenated alkanes) is 1.